The molecule has 2 rings (SSSR count). The maximum Gasteiger partial charge on any atom is 0.305 e. The predicted molar refractivity (Wildman–Crippen MR) is 68.6 cm³/mol. The molecule has 0 radical (unpaired) electrons. The third-order valence-electron chi connectivity index (χ3n) is 3.45. The van der Waals surface area contributed by atoms with Crippen molar-refractivity contribution in [3.63, 3.8) is 0 Å². The molecule has 1 heterocycles. The fourth-order valence-corrected chi connectivity index (χ4v) is 2.51. The van der Waals surface area contributed by atoms with Crippen LogP contribution in [0.25, 0.3) is 0 Å². The molecule has 0 bridgehead atoms. The second-order valence-corrected chi connectivity index (χ2v) is 4.58. The fraction of sp³-hybridized carbons (Fsp3) is 0.667. The van der Waals surface area contributed by atoms with E-state index in [1.165, 1.54) is 31.7 Å². The van der Waals surface area contributed by atoms with Crippen LogP contribution < -0.4 is 4.90 Å². The number of aromatic nitrogens is 2. The van der Waals surface area contributed by atoms with Gasteiger partial charge in [-0.05, 0) is 19.8 Å². The SMILES string of the molecule is CCN(c1ncc([N+](=O)[O-])cn1)C1CCCCC1. The van der Waals surface area contributed by atoms with Gasteiger partial charge in [-0.15, -0.1) is 0 Å². The molecule has 6 heteroatoms. The molecule has 98 valence electrons. The second kappa shape index (κ2) is 5.75. The lowest BCUT2D eigenvalue weighted by Crippen LogP contribution is -2.37. The Morgan fingerprint density at radius 2 is 1.94 bits per heavy atom. The van der Waals surface area contributed by atoms with E-state index in [-0.39, 0.29) is 5.69 Å². The van der Waals surface area contributed by atoms with Crippen molar-refractivity contribution >= 4 is 11.6 Å². The van der Waals surface area contributed by atoms with Gasteiger partial charge in [-0.2, -0.15) is 0 Å². The standard InChI is InChI=1S/C12H18N4O2/c1-2-15(10-6-4-3-5-7-10)12-13-8-11(9-14-12)16(17)18/h8-10H,2-7H2,1H3. The van der Waals surface area contributed by atoms with E-state index in [1.807, 2.05) is 0 Å². The Labute approximate surface area is 106 Å². The van der Waals surface area contributed by atoms with Crippen LogP contribution in [0, 0.1) is 10.1 Å². The molecule has 1 aliphatic rings. The van der Waals surface area contributed by atoms with Crippen molar-refractivity contribution in [2.24, 2.45) is 0 Å². The molecule has 1 saturated carbocycles. The minimum Gasteiger partial charge on any atom is -0.338 e. The first-order valence-corrected chi connectivity index (χ1v) is 6.45. The zero-order chi connectivity index (χ0) is 13.0. The average molecular weight is 250 g/mol. The van der Waals surface area contributed by atoms with Gasteiger partial charge in [0.15, 0.2) is 0 Å². The van der Waals surface area contributed by atoms with Crippen LogP contribution in [0.1, 0.15) is 39.0 Å². The van der Waals surface area contributed by atoms with Crippen molar-refractivity contribution in [1.29, 1.82) is 0 Å². The van der Waals surface area contributed by atoms with E-state index in [0.717, 1.165) is 19.4 Å². The lowest BCUT2D eigenvalue weighted by Gasteiger charge is -2.33. The summed E-state index contributed by atoms with van der Waals surface area (Å²) in [5, 5.41) is 10.6. The van der Waals surface area contributed by atoms with E-state index in [4.69, 9.17) is 0 Å². The highest BCUT2D eigenvalue weighted by Crippen LogP contribution is 2.25. The molecule has 1 aromatic heterocycles. The predicted octanol–water partition coefficient (Wildman–Crippen LogP) is 2.54. The van der Waals surface area contributed by atoms with Gasteiger partial charge in [-0.1, -0.05) is 19.3 Å². The van der Waals surface area contributed by atoms with Gasteiger partial charge in [-0.25, -0.2) is 9.97 Å². The first-order valence-electron chi connectivity index (χ1n) is 6.45. The van der Waals surface area contributed by atoms with Crippen LogP contribution in [-0.2, 0) is 0 Å². The minimum absolute atomic E-state index is 0.0570. The van der Waals surface area contributed by atoms with Gasteiger partial charge in [0.2, 0.25) is 5.95 Å². The van der Waals surface area contributed by atoms with E-state index in [2.05, 4.69) is 21.8 Å². The Morgan fingerprint density at radius 1 is 1.33 bits per heavy atom. The topological polar surface area (TPSA) is 72.2 Å². The molecule has 0 aromatic carbocycles. The Bertz CT molecular complexity index is 401. The van der Waals surface area contributed by atoms with Gasteiger partial charge >= 0.3 is 5.69 Å². The Kier molecular flexibility index (Phi) is 4.07. The van der Waals surface area contributed by atoms with Gasteiger partial charge in [0.1, 0.15) is 12.4 Å². The summed E-state index contributed by atoms with van der Waals surface area (Å²) in [6.45, 7) is 2.90. The highest BCUT2D eigenvalue weighted by molar-refractivity contribution is 5.35. The Hall–Kier alpha value is -1.72. The summed E-state index contributed by atoms with van der Waals surface area (Å²) in [5.74, 6) is 0.606. The molecule has 1 aliphatic carbocycles. The lowest BCUT2D eigenvalue weighted by molar-refractivity contribution is -0.385. The molecular weight excluding hydrogens is 232 g/mol. The van der Waals surface area contributed by atoms with Crippen LogP contribution in [0.15, 0.2) is 12.4 Å². The molecule has 0 amide bonds. The maximum atomic E-state index is 10.6. The first kappa shape index (κ1) is 12.7. The molecule has 6 nitrogen and oxygen atoms in total. The summed E-state index contributed by atoms with van der Waals surface area (Å²) < 4.78 is 0. The summed E-state index contributed by atoms with van der Waals surface area (Å²) in [4.78, 5) is 20.5. The number of hydrogen-bond acceptors (Lipinski definition) is 5. The third kappa shape index (κ3) is 2.75. The Balaban J connectivity index is 2.13. The highest BCUT2D eigenvalue weighted by atomic mass is 16.6. The van der Waals surface area contributed by atoms with Crippen molar-refractivity contribution in [2.45, 2.75) is 45.1 Å². The van der Waals surface area contributed by atoms with Crippen LogP contribution in [0.2, 0.25) is 0 Å². The number of nitro groups is 1. The van der Waals surface area contributed by atoms with Crippen LogP contribution in [0.3, 0.4) is 0 Å². The molecule has 1 aromatic rings. The van der Waals surface area contributed by atoms with Gasteiger partial charge in [0.05, 0.1) is 4.92 Å². The first-order chi connectivity index (χ1) is 8.72. The number of anilines is 1. The van der Waals surface area contributed by atoms with Crippen molar-refractivity contribution in [3.05, 3.63) is 22.5 Å². The van der Waals surface area contributed by atoms with Crippen molar-refractivity contribution in [1.82, 2.24) is 9.97 Å². The average Bonchev–Trinajstić information content (AvgIpc) is 2.41. The molecule has 0 atom stereocenters. The third-order valence-corrected chi connectivity index (χ3v) is 3.45. The summed E-state index contributed by atoms with van der Waals surface area (Å²) in [5.41, 5.74) is -0.0570. The van der Waals surface area contributed by atoms with Gasteiger partial charge in [-0.3, -0.25) is 10.1 Å². The fourth-order valence-electron chi connectivity index (χ4n) is 2.51. The summed E-state index contributed by atoms with van der Waals surface area (Å²) in [6, 6.07) is 0.477. The maximum absolute atomic E-state index is 10.6. The molecule has 1 fully saturated rings. The molecular formula is C12H18N4O2. The highest BCUT2D eigenvalue weighted by Gasteiger charge is 2.22. The van der Waals surface area contributed by atoms with E-state index in [0.29, 0.717) is 12.0 Å². The molecule has 0 N–H and O–H groups in total. The lowest BCUT2D eigenvalue weighted by atomic mass is 9.94. The van der Waals surface area contributed by atoms with Crippen LogP contribution >= 0.6 is 0 Å². The smallest absolute Gasteiger partial charge is 0.305 e. The zero-order valence-corrected chi connectivity index (χ0v) is 10.6. The van der Waals surface area contributed by atoms with E-state index in [9.17, 15) is 10.1 Å². The van der Waals surface area contributed by atoms with Crippen LogP contribution in [-0.4, -0.2) is 27.5 Å². The molecule has 0 aliphatic heterocycles. The molecule has 0 spiro atoms. The normalized spacial score (nSPS) is 16.5. The summed E-state index contributed by atoms with van der Waals surface area (Å²) in [7, 11) is 0. The number of hydrogen-bond donors (Lipinski definition) is 0. The largest absolute Gasteiger partial charge is 0.338 e. The molecule has 18 heavy (non-hydrogen) atoms. The van der Waals surface area contributed by atoms with E-state index >= 15 is 0 Å². The number of nitrogens with zero attached hydrogens (tertiary/aromatic N) is 4. The summed E-state index contributed by atoms with van der Waals surface area (Å²) in [6.07, 6.45) is 8.68. The second-order valence-electron chi connectivity index (χ2n) is 4.58. The zero-order valence-electron chi connectivity index (χ0n) is 10.6. The quantitative estimate of drug-likeness (QED) is 0.606. The van der Waals surface area contributed by atoms with Crippen LogP contribution in [0.5, 0.6) is 0 Å². The van der Waals surface area contributed by atoms with Gasteiger partial charge in [0, 0.05) is 12.6 Å². The monoisotopic (exact) mass is 250 g/mol. The number of rotatable bonds is 4. The van der Waals surface area contributed by atoms with Crippen molar-refractivity contribution in [3.8, 4) is 0 Å². The molecule has 0 unspecified atom stereocenters. The van der Waals surface area contributed by atoms with E-state index in [1.54, 1.807) is 0 Å². The van der Waals surface area contributed by atoms with Crippen LogP contribution in [0.4, 0.5) is 11.6 Å². The van der Waals surface area contributed by atoms with Crippen molar-refractivity contribution < 1.29 is 4.92 Å². The van der Waals surface area contributed by atoms with Crippen molar-refractivity contribution in [2.75, 3.05) is 11.4 Å². The minimum atomic E-state index is -0.472. The molecule has 0 saturated heterocycles. The summed E-state index contributed by atoms with van der Waals surface area (Å²) >= 11 is 0. The van der Waals surface area contributed by atoms with Gasteiger partial charge < -0.3 is 4.90 Å². The van der Waals surface area contributed by atoms with Gasteiger partial charge in [0.25, 0.3) is 0 Å². The van der Waals surface area contributed by atoms with E-state index < -0.39 is 4.92 Å². The Morgan fingerprint density at radius 3 is 2.44 bits per heavy atom.